The molecule has 5 rings (SSSR count). The van der Waals surface area contributed by atoms with E-state index in [2.05, 4.69) is 46.2 Å². The summed E-state index contributed by atoms with van der Waals surface area (Å²) in [5.74, 6) is 0.603. The lowest BCUT2D eigenvalue weighted by atomic mass is 10.0. The molecule has 29 heavy (non-hydrogen) atoms. The second-order valence-electron chi connectivity index (χ2n) is 7.67. The first-order valence-electron chi connectivity index (χ1n) is 9.74. The number of aromatic nitrogens is 3. The van der Waals surface area contributed by atoms with E-state index in [0.717, 1.165) is 41.8 Å². The van der Waals surface area contributed by atoms with Gasteiger partial charge in [0.2, 0.25) is 0 Å². The number of nitrogens with zero attached hydrogens (tertiary/aromatic N) is 2. The van der Waals surface area contributed by atoms with E-state index in [1.54, 1.807) is 12.1 Å². The molecule has 2 N–H and O–H groups in total. The van der Waals surface area contributed by atoms with E-state index >= 15 is 0 Å². The largest absolute Gasteiger partial charge is 0.361 e. The molecule has 5 nitrogen and oxygen atoms in total. The zero-order valence-corrected chi connectivity index (χ0v) is 16.9. The van der Waals surface area contributed by atoms with Crippen LogP contribution < -0.4 is 5.56 Å². The maximum Gasteiger partial charge on any atom is 0.255 e. The second kappa shape index (κ2) is 7.17. The first-order chi connectivity index (χ1) is 14.1. The van der Waals surface area contributed by atoms with Gasteiger partial charge in [-0.2, -0.15) is 0 Å². The Morgan fingerprint density at radius 1 is 1.17 bits per heavy atom. The van der Waals surface area contributed by atoms with Gasteiger partial charge in [0.1, 0.15) is 5.82 Å². The third kappa shape index (κ3) is 3.48. The van der Waals surface area contributed by atoms with Crippen LogP contribution in [0, 0.1) is 6.92 Å². The Morgan fingerprint density at radius 2 is 2.00 bits per heavy atom. The van der Waals surface area contributed by atoms with Crippen molar-refractivity contribution >= 4 is 22.5 Å². The molecule has 2 aromatic heterocycles. The highest BCUT2D eigenvalue weighted by Gasteiger charge is 2.22. The lowest BCUT2D eigenvalue weighted by Gasteiger charge is -2.27. The molecule has 0 radical (unpaired) electrons. The van der Waals surface area contributed by atoms with Crippen molar-refractivity contribution in [1.29, 1.82) is 0 Å². The number of fused-ring (bicyclic) bond motifs is 2. The molecule has 0 bridgehead atoms. The summed E-state index contributed by atoms with van der Waals surface area (Å²) in [6, 6.07) is 13.8. The van der Waals surface area contributed by atoms with Gasteiger partial charge in [-0.15, -0.1) is 0 Å². The van der Waals surface area contributed by atoms with Crippen molar-refractivity contribution in [3.8, 4) is 11.4 Å². The molecule has 0 amide bonds. The van der Waals surface area contributed by atoms with Gasteiger partial charge in [-0.05, 0) is 48.9 Å². The predicted molar refractivity (Wildman–Crippen MR) is 116 cm³/mol. The topological polar surface area (TPSA) is 64.8 Å². The molecule has 6 heteroatoms. The first kappa shape index (κ1) is 18.2. The third-order valence-electron chi connectivity index (χ3n) is 5.58. The van der Waals surface area contributed by atoms with Crippen molar-refractivity contribution < 1.29 is 0 Å². The zero-order chi connectivity index (χ0) is 20.0. The second-order valence-corrected chi connectivity index (χ2v) is 8.11. The van der Waals surface area contributed by atoms with Crippen molar-refractivity contribution in [2.75, 3.05) is 6.54 Å². The Kier molecular flexibility index (Phi) is 4.49. The van der Waals surface area contributed by atoms with Crippen molar-refractivity contribution in [1.82, 2.24) is 19.9 Å². The van der Waals surface area contributed by atoms with Gasteiger partial charge >= 0.3 is 0 Å². The van der Waals surface area contributed by atoms with E-state index in [0.29, 0.717) is 17.4 Å². The van der Waals surface area contributed by atoms with Crippen LogP contribution in [0.4, 0.5) is 0 Å². The number of halogens is 1. The fraction of sp³-hybridized carbons (Fsp3) is 0.217. The van der Waals surface area contributed by atoms with Crippen molar-refractivity contribution in [3.63, 3.8) is 0 Å². The summed E-state index contributed by atoms with van der Waals surface area (Å²) in [6.07, 6.45) is 2.84. The van der Waals surface area contributed by atoms with Gasteiger partial charge in [0.25, 0.3) is 5.56 Å². The smallest absolute Gasteiger partial charge is 0.255 e. The number of rotatable bonds is 3. The average molecular weight is 405 g/mol. The van der Waals surface area contributed by atoms with Crippen LogP contribution in [0.5, 0.6) is 0 Å². The van der Waals surface area contributed by atoms with Crippen molar-refractivity contribution in [2.24, 2.45) is 0 Å². The molecule has 1 aliphatic rings. The number of nitrogens with one attached hydrogen (secondary N) is 2. The van der Waals surface area contributed by atoms with Crippen molar-refractivity contribution in [3.05, 3.63) is 86.4 Å². The summed E-state index contributed by atoms with van der Waals surface area (Å²) in [5.41, 5.74) is 6.13. The first-order valence-corrected chi connectivity index (χ1v) is 10.1. The average Bonchev–Trinajstić information content (AvgIpc) is 3.11. The summed E-state index contributed by atoms with van der Waals surface area (Å²) in [4.78, 5) is 26.1. The highest BCUT2D eigenvalue weighted by Crippen LogP contribution is 2.24. The van der Waals surface area contributed by atoms with Gasteiger partial charge in [0.15, 0.2) is 0 Å². The Labute approximate surface area is 173 Å². The molecule has 0 atom stereocenters. The standard InChI is InChI=1S/C23H21ClN4O/c1-14-2-7-20-18(10-14)16(11-25-20)12-28-9-8-21-19(13-28)23(29)27-22(26-21)15-3-5-17(24)6-4-15/h2-7,10-11,25H,8-9,12-13H2,1H3,(H,26,27,29). The van der Waals surface area contributed by atoms with E-state index in [9.17, 15) is 4.79 Å². The number of aryl methyl sites for hydroxylation is 1. The lowest BCUT2D eigenvalue weighted by Crippen LogP contribution is -2.35. The van der Waals surface area contributed by atoms with Gasteiger partial charge in [-0.1, -0.05) is 23.2 Å². The van der Waals surface area contributed by atoms with E-state index in [1.165, 1.54) is 16.5 Å². The van der Waals surface area contributed by atoms with Gasteiger partial charge in [0, 0.05) is 53.7 Å². The summed E-state index contributed by atoms with van der Waals surface area (Å²) in [7, 11) is 0. The molecule has 0 spiro atoms. The van der Waals surface area contributed by atoms with E-state index < -0.39 is 0 Å². The number of aromatic amines is 2. The van der Waals surface area contributed by atoms with Crippen molar-refractivity contribution in [2.45, 2.75) is 26.4 Å². The summed E-state index contributed by atoms with van der Waals surface area (Å²) >= 11 is 5.96. The molecule has 4 aromatic rings. The molecule has 2 aromatic carbocycles. The maximum absolute atomic E-state index is 12.8. The molecule has 0 saturated carbocycles. The summed E-state index contributed by atoms with van der Waals surface area (Å²) in [6.45, 7) is 4.40. The number of benzene rings is 2. The van der Waals surface area contributed by atoms with Crippen LogP contribution >= 0.6 is 11.6 Å². The Morgan fingerprint density at radius 3 is 2.83 bits per heavy atom. The number of hydrogen-bond acceptors (Lipinski definition) is 3. The predicted octanol–water partition coefficient (Wildman–Crippen LogP) is 4.44. The molecule has 1 aliphatic heterocycles. The van der Waals surface area contributed by atoms with Crippen LogP contribution in [0.2, 0.25) is 5.02 Å². The fourth-order valence-corrected chi connectivity index (χ4v) is 4.15. The molecular weight excluding hydrogens is 384 g/mol. The van der Waals surface area contributed by atoms with Crippen LogP contribution in [0.15, 0.2) is 53.5 Å². The molecule has 0 saturated heterocycles. The fourth-order valence-electron chi connectivity index (χ4n) is 4.02. The zero-order valence-electron chi connectivity index (χ0n) is 16.1. The third-order valence-corrected chi connectivity index (χ3v) is 5.83. The molecule has 3 heterocycles. The molecule has 146 valence electrons. The monoisotopic (exact) mass is 404 g/mol. The Bertz CT molecular complexity index is 1260. The van der Waals surface area contributed by atoms with Crippen LogP contribution in [0.1, 0.15) is 22.4 Å². The number of H-pyrrole nitrogens is 2. The Hall–Kier alpha value is -2.89. The molecular formula is C23H21ClN4O. The Balaban J connectivity index is 1.41. The summed E-state index contributed by atoms with van der Waals surface area (Å²) < 4.78 is 0. The SMILES string of the molecule is Cc1ccc2[nH]cc(CN3CCc4nc(-c5ccc(Cl)cc5)[nH]c(=O)c4C3)c2c1. The minimum atomic E-state index is -0.0561. The van der Waals surface area contributed by atoms with Crippen LogP contribution in [0.25, 0.3) is 22.3 Å². The maximum atomic E-state index is 12.8. The van der Waals surface area contributed by atoms with E-state index in [4.69, 9.17) is 16.6 Å². The van der Waals surface area contributed by atoms with Crippen LogP contribution in [-0.4, -0.2) is 26.4 Å². The molecule has 0 unspecified atom stereocenters. The van der Waals surface area contributed by atoms with Gasteiger partial charge in [-0.25, -0.2) is 4.98 Å². The van der Waals surface area contributed by atoms with Crippen LogP contribution in [0.3, 0.4) is 0 Å². The van der Waals surface area contributed by atoms with Gasteiger partial charge < -0.3 is 9.97 Å². The molecule has 0 fully saturated rings. The highest BCUT2D eigenvalue weighted by atomic mass is 35.5. The van der Waals surface area contributed by atoms with Crippen LogP contribution in [-0.2, 0) is 19.5 Å². The minimum Gasteiger partial charge on any atom is -0.361 e. The quantitative estimate of drug-likeness (QED) is 0.530. The van der Waals surface area contributed by atoms with E-state index in [1.807, 2.05) is 12.1 Å². The highest BCUT2D eigenvalue weighted by molar-refractivity contribution is 6.30. The van der Waals surface area contributed by atoms with E-state index in [-0.39, 0.29) is 5.56 Å². The van der Waals surface area contributed by atoms with Gasteiger partial charge in [-0.3, -0.25) is 9.69 Å². The molecule has 0 aliphatic carbocycles. The number of hydrogen-bond donors (Lipinski definition) is 2. The lowest BCUT2D eigenvalue weighted by molar-refractivity contribution is 0.242. The normalized spacial score (nSPS) is 14.3. The minimum absolute atomic E-state index is 0.0561. The summed E-state index contributed by atoms with van der Waals surface area (Å²) in [5, 5.41) is 1.91. The van der Waals surface area contributed by atoms with Gasteiger partial charge in [0.05, 0.1) is 11.3 Å².